The molecule has 2 unspecified atom stereocenters. The van der Waals surface area contributed by atoms with Gasteiger partial charge in [0.05, 0.1) is 35.3 Å². The molecule has 11 rings (SSSR count). The van der Waals surface area contributed by atoms with Crippen molar-refractivity contribution in [3.05, 3.63) is 118 Å². The summed E-state index contributed by atoms with van der Waals surface area (Å²) in [5.74, 6) is 0.185. The molecule has 8 heterocycles. The van der Waals surface area contributed by atoms with Gasteiger partial charge in [-0.15, -0.1) is 30.6 Å². The molecule has 0 aliphatic heterocycles. The van der Waals surface area contributed by atoms with Gasteiger partial charge in [0, 0.05) is 23.1 Å². The fraction of sp³-hybridized carbons (Fsp3) is 0.417. The number of amides is 2. The summed E-state index contributed by atoms with van der Waals surface area (Å²) >= 11 is 0. The van der Waals surface area contributed by atoms with Gasteiger partial charge in [0.2, 0.25) is 11.8 Å². The third-order valence-corrected chi connectivity index (χ3v) is 11.6. The SMILES string of the molecule is CC.CC.CC.CC(=O)c1cc2c(n3cnnc13)CCC2C.CCCC1CCc2c1cc(C(=O)Nc1ncc(F)cn1)c1nncn21.O=C(Nc1ccno1)c1cc2c(n3cnnc13)CCC2. The fourth-order valence-electron chi connectivity index (χ4n) is 8.69. The van der Waals surface area contributed by atoms with Gasteiger partial charge in [0.15, 0.2) is 28.5 Å². The molecule has 0 aromatic carbocycles. The molecule has 2 N–H and O–H groups in total. The zero-order chi connectivity index (χ0) is 48.2. The third kappa shape index (κ3) is 10.4. The first-order valence-electron chi connectivity index (χ1n) is 23.3. The van der Waals surface area contributed by atoms with Crippen LogP contribution in [0.15, 0.2) is 66.4 Å². The Morgan fingerprint density at radius 1 is 0.716 bits per heavy atom. The van der Waals surface area contributed by atoms with Crippen LogP contribution in [0.25, 0.3) is 16.9 Å². The highest BCUT2D eigenvalue weighted by Crippen LogP contribution is 2.38. The number of carbonyl (C=O) groups is 3. The molecule has 3 aliphatic rings. The average molecular weight is 915 g/mol. The number of pyridine rings is 3. The van der Waals surface area contributed by atoms with Crippen molar-refractivity contribution >= 4 is 46.4 Å². The number of fused-ring (bicyclic) bond motifs is 9. The minimum atomic E-state index is -0.558. The molecule has 67 heavy (non-hydrogen) atoms. The lowest BCUT2D eigenvalue weighted by molar-refractivity contribution is 0.101. The molecular formula is C48H59FN14O4. The average Bonchev–Trinajstić information content (AvgIpc) is 4.21. The predicted octanol–water partition coefficient (Wildman–Crippen LogP) is 9.26. The first-order chi connectivity index (χ1) is 32.7. The summed E-state index contributed by atoms with van der Waals surface area (Å²) in [6.45, 7) is 17.9. The smallest absolute Gasteiger partial charge is 0.261 e. The number of hydrogen-bond donors (Lipinski definition) is 2. The minimum Gasteiger partial charge on any atom is -0.338 e. The Morgan fingerprint density at radius 3 is 1.87 bits per heavy atom. The van der Waals surface area contributed by atoms with Gasteiger partial charge in [-0.2, -0.15) is 0 Å². The van der Waals surface area contributed by atoms with Gasteiger partial charge in [-0.1, -0.05) is 67.0 Å². The van der Waals surface area contributed by atoms with Crippen molar-refractivity contribution in [3.8, 4) is 0 Å². The molecule has 18 nitrogen and oxygen atoms in total. The van der Waals surface area contributed by atoms with Gasteiger partial charge in [-0.05, 0) is 105 Å². The molecule has 0 spiro atoms. The largest absolute Gasteiger partial charge is 0.338 e. The maximum absolute atomic E-state index is 12.9. The van der Waals surface area contributed by atoms with Crippen LogP contribution in [0.2, 0.25) is 0 Å². The lowest BCUT2D eigenvalue weighted by Gasteiger charge is -2.13. The van der Waals surface area contributed by atoms with Gasteiger partial charge in [0.25, 0.3) is 11.8 Å². The Labute approximate surface area is 388 Å². The van der Waals surface area contributed by atoms with E-state index in [1.54, 1.807) is 32.0 Å². The molecule has 0 bridgehead atoms. The van der Waals surface area contributed by atoms with E-state index in [1.807, 2.05) is 72.9 Å². The molecule has 0 radical (unpaired) electrons. The van der Waals surface area contributed by atoms with E-state index in [0.717, 1.165) is 70.2 Å². The molecule has 8 aromatic heterocycles. The number of rotatable bonds is 7. The van der Waals surface area contributed by atoms with Crippen molar-refractivity contribution in [1.29, 1.82) is 0 Å². The second-order valence-corrected chi connectivity index (χ2v) is 15.4. The van der Waals surface area contributed by atoms with E-state index in [-0.39, 0.29) is 23.5 Å². The number of nitrogens with one attached hydrogen (secondary N) is 2. The molecule has 19 heteroatoms. The van der Waals surface area contributed by atoms with Crippen molar-refractivity contribution < 1.29 is 23.3 Å². The Bertz CT molecular complexity index is 2940. The van der Waals surface area contributed by atoms with Crippen LogP contribution >= 0.6 is 0 Å². The Hall–Kier alpha value is -7.31. The van der Waals surface area contributed by atoms with E-state index in [0.29, 0.717) is 51.4 Å². The highest BCUT2D eigenvalue weighted by atomic mass is 19.1. The van der Waals surface area contributed by atoms with Gasteiger partial charge in [0.1, 0.15) is 19.0 Å². The first kappa shape index (κ1) is 49.1. The van der Waals surface area contributed by atoms with E-state index in [1.165, 1.54) is 40.0 Å². The van der Waals surface area contributed by atoms with Crippen molar-refractivity contribution in [2.45, 2.75) is 132 Å². The van der Waals surface area contributed by atoms with Crippen LogP contribution in [0.3, 0.4) is 0 Å². The van der Waals surface area contributed by atoms with Crippen LogP contribution in [0.5, 0.6) is 0 Å². The van der Waals surface area contributed by atoms with Crippen LogP contribution in [-0.4, -0.2) is 76.5 Å². The van der Waals surface area contributed by atoms with Gasteiger partial charge in [-0.25, -0.2) is 14.4 Å². The Balaban J connectivity index is 0.000000160. The molecule has 2 atom stereocenters. The molecule has 8 aromatic rings. The molecule has 0 fully saturated rings. The molecule has 2 amide bonds. The first-order valence-corrected chi connectivity index (χ1v) is 23.3. The molecule has 0 saturated carbocycles. The molecular weight excluding hydrogens is 856 g/mol. The van der Waals surface area contributed by atoms with Crippen molar-refractivity contribution in [2.75, 3.05) is 10.6 Å². The van der Waals surface area contributed by atoms with E-state index in [4.69, 9.17) is 4.52 Å². The van der Waals surface area contributed by atoms with E-state index >= 15 is 0 Å². The van der Waals surface area contributed by atoms with Crippen LogP contribution in [0.1, 0.15) is 171 Å². The summed E-state index contributed by atoms with van der Waals surface area (Å²) < 4.78 is 23.6. The number of hydrogen-bond acceptors (Lipinski definition) is 13. The second-order valence-electron chi connectivity index (χ2n) is 15.4. The maximum Gasteiger partial charge on any atom is 0.261 e. The summed E-state index contributed by atoms with van der Waals surface area (Å²) in [4.78, 5) is 44.2. The zero-order valence-electron chi connectivity index (χ0n) is 39.7. The number of ketones is 1. The van der Waals surface area contributed by atoms with Crippen LogP contribution in [-0.2, 0) is 25.7 Å². The van der Waals surface area contributed by atoms with E-state index < -0.39 is 5.82 Å². The third-order valence-electron chi connectivity index (χ3n) is 11.6. The normalized spacial score (nSPS) is 14.9. The summed E-state index contributed by atoms with van der Waals surface area (Å²) in [6, 6.07) is 7.40. The number of halogens is 1. The second kappa shape index (κ2) is 22.7. The van der Waals surface area contributed by atoms with Crippen LogP contribution in [0, 0.1) is 5.82 Å². The summed E-state index contributed by atoms with van der Waals surface area (Å²) in [5.41, 5.74) is 10.7. The number of Topliss-reactive ketones (excluding diaryl/α,β-unsaturated/α-hetero) is 1. The quantitative estimate of drug-likeness (QED) is 0.143. The highest BCUT2D eigenvalue weighted by molar-refractivity contribution is 6.08. The summed E-state index contributed by atoms with van der Waals surface area (Å²) in [6.07, 6.45) is 18.0. The van der Waals surface area contributed by atoms with Crippen molar-refractivity contribution in [2.24, 2.45) is 0 Å². The van der Waals surface area contributed by atoms with Crippen molar-refractivity contribution in [1.82, 2.24) is 58.9 Å². The Morgan fingerprint density at radius 2 is 1.27 bits per heavy atom. The number of nitrogens with zero attached hydrogens (tertiary/aromatic N) is 12. The molecule has 0 saturated heterocycles. The predicted molar refractivity (Wildman–Crippen MR) is 252 cm³/mol. The number of aromatic nitrogens is 12. The van der Waals surface area contributed by atoms with Gasteiger partial charge in [-0.3, -0.25) is 38.2 Å². The fourth-order valence-corrected chi connectivity index (χ4v) is 8.69. The number of anilines is 2. The van der Waals surface area contributed by atoms with Gasteiger partial charge < -0.3 is 4.52 Å². The monoisotopic (exact) mass is 914 g/mol. The van der Waals surface area contributed by atoms with Crippen LogP contribution < -0.4 is 10.6 Å². The summed E-state index contributed by atoms with van der Waals surface area (Å²) in [5, 5.41) is 32.8. The lowest BCUT2D eigenvalue weighted by Crippen LogP contribution is -2.17. The highest BCUT2D eigenvalue weighted by Gasteiger charge is 2.29. The standard InChI is InChI=1S/C17H17FN6O.C13H11N5O2.C12H13N3O.3C2H6/c1-2-3-10-4-5-14-12(10)6-13(15-23-21-9-24(14)15)16(25)22-17-19-7-11(18)8-20-17;19-13(16-11-4-5-15-20-11)9-6-8-2-1-3-10(8)18-7-14-17-12(9)18;1-7-3-4-11-9(7)5-10(8(2)16)12-14-13-6-15(11)12;3*1-2/h6-10H,2-5H2,1H3,(H,19,20,22,25);4-7H,1-3H2,(H,16,19);5-7H,3-4H2,1-2H3;3*1-2H3. The molecule has 3 aliphatic carbocycles. The van der Waals surface area contributed by atoms with Crippen molar-refractivity contribution in [3.63, 3.8) is 0 Å². The lowest BCUT2D eigenvalue weighted by atomic mass is 9.96. The maximum atomic E-state index is 12.9. The minimum absolute atomic E-state index is 0.0506. The number of carbonyl (C=O) groups excluding carboxylic acids is 3. The number of aryl methyl sites for hydroxylation is 4. The summed E-state index contributed by atoms with van der Waals surface area (Å²) in [7, 11) is 0. The topological polar surface area (TPSA) is 218 Å². The molecule has 352 valence electrons. The van der Waals surface area contributed by atoms with Gasteiger partial charge >= 0.3 is 0 Å². The van der Waals surface area contributed by atoms with Crippen LogP contribution in [0.4, 0.5) is 16.2 Å². The van der Waals surface area contributed by atoms with E-state index in [9.17, 15) is 18.8 Å². The Kier molecular flexibility index (Phi) is 16.7. The zero-order valence-corrected chi connectivity index (χ0v) is 39.7. The van der Waals surface area contributed by atoms with E-state index in [2.05, 4.69) is 70.2 Å².